The summed E-state index contributed by atoms with van der Waals surface area (Å²) >= 11 is 0. The maximum atomic E-state index is 9.74. The number of para-hydroxylation sites is 1. The molecule has 0 saturated carbocycles. The van der Waals surface area contributed by atoms with E-state index in [-0.39, 0.29) is 6.61 Å². The summed E-state index contributed by atoms with van der Waals surface area (Å²) in [6.07, 6.45) is 1.59. The third kappa shape index (κ3) is 4.44. The lowest BCUT2D eigenvalue weighted by atomic mass is 10.00. The van der Waals surface area contributed by atoms with Gasteiger partial charge in [0.1, 0.15) is 17.6 Å². The number of aromatic nitrogens is 1. The number of pyridine rings is 1. The molecule has 0 amide bonds. The molecule has 164 valence electrons. The molecule has 0 aliphatic rings. The van der Waals surface area contributed by atoms with Crippen LogP contribution in [0.1, 0.15) is 11.1 Å². The molecular weight excluding hydrogens is 422 g/mol. The molecule has 2 N–H and O–H groups in total. The van der Waals surface area contributed by atoms with E-state index < -0.39 is 0 Å². The Morgan fingerprint density at radius 3 is 2.35 bits per heavy atom. The van der Waals surface area contributed by atoms with Crippen molar-refractivity contribution >= 4 is 22.3 Å². The minimum absolute atomic E-state index is 0.0155. The minimum atomic E-state index is -0.0155. The van der Waals surface area contributed by atoms with Gasteiger partial charge in [-0.2, -0.15) is 5.26 Å². The normalized spacial score (nSPS) is 10.6. The van der Waals surface area contributed by atoms with E-state index in [1.807, 2.05) is 97.1 Å². The van der Waals surface area contributed by atoms with E-state index in [0.717, 1.165) is 44.8 Å². The second kappa shape index (κ2) is 9.45. The van der Waals surface area contributed by atoms with Crippen molar-refractivity contribution in [3.8, 4) is 28.7 Å². The van der Waals surface area contributed by atoms with Crippen LogP contribution in [0.15, 0.2) is 103 Å². The van der Waals surface area contributed by atoms with Gasteiger partial charge < -0.3 is 15.2 Å². The number of ether oxygens (including phenoxy) is 1. The Morgan fingerprint density at radius 2 is 1.59 bits per heavy atom. The summed E-state index contributed by atoms with van der Waals surface area (Å²) in [5.74, 6) is 1.50. The number of fused-ring (bicyclic) bond motifs is 1. The van der Waals surface area contributed by atoms with Gasteiger partial charge >= 0.3 is 0 Å². The van der Waals surface area contributed by atoms with Gasteiger partial charge in [0, 0.05) is 17.3 Å². The Hall–Kier alpha value is -4.66. The van der Waals surface area contributed by atoms with Gasteiger partial charge in [0.25, 0.3) is 0 Å². The summed E-state index contributed by atoms with van der Waals surface area (Å²) in [6, 6.07) is 33.2. The first-order chi connectivity index (χ1) is 16.7. The molecule has 0 bridgehead atoms. The fraction of sp³-hybridized carbons (Fsp3) is 0.0345. The topological polar surface area (TPSA) is 78.2 Å². The molecule has 0 unspecified atom stereocenters. The monoisotopic (exact) mass is 443 g/mol. The van der Waals surface area contributed by atoms with Crippen LogP contribution in [-0.4, -0.2) is 10.1 Å². The van der Waals surface area contributed by atoms with Crippen molar-refractivity contribution in [3.05, 3.63) is 114 Å². The van der Waals surface area contributed by atoms with E-state index >= 15 is 0 Å². The van der Waals surface area contributed by atoms with Gasteiger partial charge in [-0.1, -0.05) is 42.5 Å². The number of nitrogens with zero attached hydrogens (tertiary/aromatic N) is 2. The molecule has 0 atom stereocenters. The van der Waals surface area contributed by atoms with Crippen molar-refractivity contribution < 1.29 is 9.84 Å². The lowest BCUT2D eigenvalue weighted by Crippen LogP contribution is -1.97. The van der Waals surface area contributed by atoms with Crippen LogP contribution in [0.2, 0.25) is 0 Å². The lowest BCUT2D eigenvalue weighted by Gasteiger charge is -2.14. The fourth-order valence-corrected chi connectivity index (χ4v) is 3.82. The molecule has 5 rings (SSSR count). The van der Waals surface area contributed by atoms with Gasteiger partial charge in [-0.3, -0.25) is 4.98 Å². The molecule has 34 heavy (non-hydrogen) atoms. The zero-order valence-electron chi connectivity index (χ0n) is 18.3. The summed E-state index contributed by atoms with van der Waals surface area (Å²) in [7, 11) is 0. The van der Waals surface area contributed by atoms with Crippen molar-refractivity contribution in [3.63, 3.8) is 0 Å². The zero-order chi connectivity index (χ0) is 23.3. The third-order valence-electron chi connectivity index (χ3n) is 5.53. The average molecular weight is 444 g/mol. The molecule has 0 spiro atoms. The first kappa shape index (κ1) is 21.2. The molecule has 4 aromatic carbocycles. The van der Waals surface area contributed by atoms with Crippen LogP contribution >= 0.6 is 0 Å². The Bertz CT molecular complexity index is 1490. The highest BCUT2D eigenvalue weighted by Gasteiger charge is 2.11. The van der Waals surface area contributed by atoms with Crippen molar-refractivity contribution in [2.24, 2.45) is 0 Å². The van der Waals surface area contributed by atoms with E-state index in [1.54, 1.807) is 6.20 Å². The summed E-state index contributed by atoms with van der Waals surface area (Å²) < 4.78 is 5.87. The SMILES string of the molecule is N#Cc1cnc2ccc(-c3cccc(CO)c3)cc2c1Nc1ccc(Oc2ccccc2)cc1. The Kier molecular flexibility index (Phi) is 5.89. The number of nitriles is 1. The maximum absolute atomic E-state index is 9.74. The number of benzene rings is 4. The molecule has 1 heterocycles. The van der Waals surface area contributed by atoms with Gasteiger partial charge in [-0.15, -0.1) is 0 Å². The molecule has 0 fully saturated rings. The van der Waals surface area contributed by atoms with Gasteiger partial charge in [-0.25, -0.2) is 0 Å². The first-order valence-electron chi connectivity index (χ1n) is 10.9. The summed E-state index contributed by atoms with van der Waals surface area (Å²) in [4.78, 5) is 4.46. The number of hydrogen-bond acceptors (Lipinski definition) is 5. The predicted molar refractivity (Wildman–Crippen MR) is 134 cm³/mol. The van der Waals surface area contributed by atoms with E-state index in [4.69, 9.17) is 4.74 Å². The van der Waals surface area contributed by atoms with E-state index in [1.165, 1.54) is 0 Å². The number of nitrogens with one attached hydrogen (secondary N) is 1. The number of hydrogen-bond donors (Lipinski definition) is 2. The first-order valence-corrected chi connectivity index (χ1v) is 10.9. The standard InChI is InChI=1S/C29H21N3O2/c30-17-23-18-31-28-14-9-22(21-6-4-5-20(15-21)19-33)16-27(28)29(23)32-24-10-12-26(13-11-24)34-25-7-2-1-3-8-25/h1-16,18,33H,19H2,(H,31,32). The van der Waals surface area contributed by atoms with Crippen LogP contribution in [0.3, 0.4) is 0 Å². The van der Waals surface area contributed by atoms with Crippen LogP contribution in [0.4, 0.5) is 11.4 Å². The van der Waals surface area contributed by atoms with Gasteiger partial charge in [-0.05, 0) is 71.3 Å². The second-order valence-corrected chi connectivity index (χ2v) is 7.81. The Morgan fingerprint density at radius 1 is 0.824 bits per heavy atom. The number of rotatable bonds is 6. The number of anilines is 2. The number of aliphatic hydroxyl groups is 1. The van der Waals surface area contributed by atoms with E-state index in [9.17, 15) is 10.4 Å². The van der Waals surface area contributed by atoms with E-state index in [2.05, 4.69) is 16.4 Å². The molecule has 0 radical (unpaired) electrons. The molecule has 5 heteroatoms. The summed E-state index contributed by atoms with van der Waals surface area (Å²) in [6.45, 7) is -0.0155. The minimum Gasteiger partial charge on any atom is -0.457 e. The van der Waals surface area contributed by atoms with Crippen molar-refractivity contribution in [2.45, 2.75) is 6.61 Å². The highest BCUT2D eigenvalue weighted by molar-refractivity contribution is 5.98. The Balaban J connectivity index is 1.49. The smallest absolute Gasteiger partial charge is 0.127 e. The summed E-state index contributed by atoms with van der Waals surface area (Å²) in [5.41, 5.74) is 5.59. The van der Waals surface area contributed by atoms with Crippen LogP contribution in [0.5, 0.6) is 11.5 Å². The second-order valence-electron chi connectivity index (χ2n) is 7.81. The zero-order valence-corrected chi connectivity index (χ0v) is 18.3. The van der Waals surface area contributed by atoms with Crippen molar-refractivity contribution in [1.82, 2.24) is 4.98 Å². The van der Waals surface area contributed by atoms with Gasteiger partial charge in [0.05, 0.1) is 23.4 Å². The van der Waals surface area contributed by atoms with Crippen molar-refractivity contribution in [2.75, 3.05) is 5.32 Å². The van der Waals surface area contributed by atoms with E-state index in [0.29, 0.717) is 11.3 Å². The molecule has 0 aliphatic carbocycles. The predicted octanol–water partition coefficient (Wildman–Crippen LogP) is 6.80. The molecular formula is C29H21N3O2. The average Bonchev–Trinajstić information content (AvgIpc) is 2.90. The van der Waals surface area contributed by atoms with Crippen LogP contribution < -0.4 is 10.1 Å². The van der Waals surface area contributed by atoms with Crippen LogP contribution in [0, 0.1) is 11.3 Å². The Labute approximate surface area is 197 Å². The molecule has 5 nitrogen and oxygen atoms in total. The van der Waals surface area contributed by atoms with Crippen LogP contribution in [-0.2, 0) is 6.61 Å². The maximum Gasteiger partial charge on any atom is 0.127 e. The molecule has 0 saturated heterocycles. The summed E-state index contributed by atoms with van der Waals surface area (Å²) in [5, 5.41) is 23.5. The molecule has 5 aromatic rings. The largest absolute Gasteiger partial charge is 0.457 e. The highest BCUT2D eigenvalue weighted by Crippen LogP contribution is 2.33. The quantitative estimate of drug-likeness (QED) is 0.302. The number of aliphatic hydroxyl groups excluding tert-OH is 1. The highest BCUT2D eigenvalue weighted by atomic mass is 16.5. The fourth-order valence-electron chi connectivity index (χ4n) is 3.82. The van der Waals surface area contributed by atoms with Crippen LogP contribution in [0.25, 0.3) is 22.0 Å². The third-order valence-corrected chi connectivity index (χ3v) is 5.53. The van der Waals surface area contributed by atoms with Crippen molar-refractivity contribution in [1.29, 1.82) is 5.26 Å². The molecule has 0 aliphatic heterocycles. The lowest BCUT2D eigenvalue weighted by molar-refractivity contribution is 0.282. The molecule has 1 aromatic heterocycles. The van der Waals surface area contributed by atoms with Gasteiger partial charge in [0.15, 0.2) is 0 Å². The van der Waals surface area contributed by atoms with Gasteiger partial charge in [0.2, 0.25) is 0 Å².